The minimum absolute atomic E-state index is 0.516. The van der Waals surface area contributed by atoms with E-state index in [2.05, 4.69) is 37.1 Å². The Balaban J connectivity index is 1.90. The number of nitrogens with zero attached hydrogens (tertiary/aromatic N) is 1. The zero-order valence-electron chi connectivity index (χ0n) is 12.6. The van der Waals surface area contributed by atoms with Gasteiger partial charge in [-0.05, 0) is 31.9 Å². The van der Waals surface area contributed by atoms with Gasteiger partial charge in [-0.25, -0.2) is 0 Å². The molecule has 1 aromatic rings. The fourth-order valence-corrected chi connectivity index (χ4v) is 2.35. The van der Waals surface area contributed by atoms with Crippen LogP contribution in [-0.4, -0.2) is 23.5 Å². The second-order valence-electron chi connectivity index (χ2n) is 5.96. The molecule has 1 N–H and O–H groups in total. The molecular weight excluding hydrogens is 236 g/mol. The monoisotopic (exact) mass is 264 g/mol. The topological polar surface area (TPSA) is 28.4 Å². The van der Waals surface area contributed by atoms with Crippen LogP contribution in [-0.2, 0) is 13.1 Å². The molecule has 0 atom stereocenters. The number of rotatable bonds is 9. The third-order valence-corrected chi connectivity index (χ3v) is 3.75. The van der Waals surface area contributed by atoms with Gasteiger partial charge in [0, 0.05) is 24.2 Å². The molecule has 19 heavy (non-hydrogen) atoms. The summed E-state index contributed by atoms with van der Waals surface area (Å²) in [5.74, 6) is 1.15. The van der Waals surface area contributed by atoms with E-state index in [1.807, 2.05) is 6.26 Å². The van der Waals surface area contributed by atoms with Crippen LogP contribution in [0.25, 0.3) is 0 Å². The average molecular weight is 264 g/mol. The van der Waals surface area contributed by atoms with Crippen LogP contribution in [0, 0.1) is 0 Å². The zero-order chi connectivity index (χ0) is 13.7. The minimum Gasteiger partial charge on any atom is -0.468 e. The summed E-state index contributed by atoms with van der Waals surface area (Å²) in [6, 6.07) is 3.43. The molecule has 2 rings (SSSR count). The van der Waals surface area contributed by atoms with Crippen LogP contribution in [0.5, 0.6) is 0 Å². The van der Waals surface area contributed by atoms with Crippen molar-refractivity contribution >= 4 is 0 Å². The van der Waals surface area contributed by atoms with Crippen molar-refractivity contribution in [2.24, 2.45) is 0 Å². The molecule has 0 radical (unpaired) electrons. The highest BCUT2D eigenvalue weighted by Crippen LogP contribution is 2.29. The largest absolute Gasteiger partial charge is 0.468 e. The first kappa shape index (κ1) is 14.6. The number of hydrogen-bond acceptors (Lipinski definition) is 3. The Morgan fingerprint density at radius 2 is 2.21 bits per heavy atom. The van der Waals surface area contributed by atoms with Crippen molar-refractivity contribution in [3.8, 4) is 0 Å². The highest BCUT2D eigenvalue weighted by Gasteiger charge is 2.29. The lowest BCUT2D eigenvalue weighted by Crippen LogP contribution is -2.28. The number of furan rings is 1. The second-order valence-corrected chi connectivity index (χ2v) is 5.96. The Kier molecular flexibility index (Phi) is 5.46. The Morgan fingerprint density at radius 1 is 1.42 bits per heavy atom. The molecule has 1 fully saturated rings. The maximum atomic E-state index is 5.70. The van der Waals surface area contributed by atoms with Crippen LogP contribution in [0.2, 0.25) is 0 Å². The smallest absolute Gasteiger partial charge is 0.122 e. The van der Waals surface area contributed by atoms with E-state index in [4.69, 9.17) is 4.42 Å². The number of hydrogen-bond donors (Lipinski definition) is 1. The summed E-state index contributed by atoms with van der Waals surface area (Å²) in [4.78, 5) is 2.60. The van der Waals surface area contributed by atoms with Crippen LogP contribution < -0.4 is 5.32 Å². The van der Waals surface area contributed by atoms with Crippen LogP contribution in [0.4, 0.5) is 0 Å². The second kappa shape index (κ2) is 7.11. The Hall–Kier alpha value is -0.800. The van der Waals surface area contributed by atoms with Gasteiger partial charge in [-0.3, -0.25) is 4.90 Å². The molecule has 1 aromatic heterocycles. The molecule has 0 aromatic carbocycles. The lowest BCUT2D eigenvalue weighted by molar-refractivity contribution is 0.229. The summed E-state index contributed by atoms with van der Waals surface area (Å²) in [6.45, 7) is 9.71. The van der Waals surface area contributed by atoms with Crippen LogP contribution >= 0.6 is 0 Å². The van der Waals surface area contributed by atoms with Crippen molar-refractivity contribution in [3.05, 3.63) is 23.7 Å². The molecule has 3 heteroatoms. The third kappa shape index (κ3) is 4.66. The molecule has 0 saturated heterocycles. The molecule has 3 nitrogen and oxygen atoms in total. The summed E-state index contributed by atoms with van der Waals surface area (Å²) < 4.78 is 5.70. The molecule has 0 bridgehead atoms. The predicted octanol–water partition coefficient (Wildman–Crippen LogP) is 3.54. The summed E-state index contributed by atoms with van der Waals surface area (Å²) in [7, 11) is 0. The van der Waals surface area contributed by atoms with Gasteiger partial charge in [0.2, 0.25) is 0 Å². The van der Waals surface area contributed by atoms with Gasteiger partial charge in [0.15, 0.2) is 0 Å². The van der Waals surface area contributed by atoms with Gasteiger partial charge in [0.1, 0.15) is 5.76 Å². The molecule has 1 heterocycles. The summed E-state index contributed by atoms with van der Waals surface area (Å²) in [5, 5.41) is 3.47. The summed E-state index contributed by atoms with van der Waals surface area (Å²) in [5.41, 5.74) is 1.32. The van der Waals surface area contributed by atoms with Crippen LogP contribution in [0.15, 0.2) is 16.7 Å². The highest BCUT2D eigenvalue weighted by atomic mass is 16.3. The molecule has 1 aliphatic rings. The van der Waals surface area contributed by atoms with Gasteiger partial charge in [0.05, 0.1) is 12.8 Å². The Bertz CT molecular complexity index is 369. The maximum Gasteiger partial charge on any atom is 0.122 e. The van der Waals surface area contributed by atoms with E-state index in [1.165, 1.54) is 37.8 Å². The predicted molar refractivity (Wildman–Crippen MR) is 79.0 cm³/mol. The van der Waals surface area contributed by atoms with Gasteiger partial charge in [-0.15, -0.1) is 0 Å². The standard InChI is InChI=1S/C16H28N2O/c1-4-5-9-18(15-6-7-15)12-16-14(8-10-19-16)11-17-13(2)3/h8,10,13,15,17H,4-7,9,11-12H2,1-3H3. The van der Waals surface area contributed by atoms with Crippen molar-refractivity contribution in [3.63, 3.8) is 0 Å². The molecule has 1 saturated carbocycles. The van der Waals surface area contributed by atoms with Crippen molar-refractivity contribution in [2.75, 3.05) is 6.54 Å². The third-order valence-electron chi connectivity index (χ3n) is 3.75. The van der Waals surface area contributed by atoms with E-state index in [1.54, 1.807) is 0 Å². The van der Waals surface area contributed by atoms with Crippen LogP contribution in [0.1, 0.15) is 57.8 Å². The quantitative estimate of drug-likeness (QED) is 0.739. The van der Waals surface area contributed by atoms with Gasteiger partial charge >= 0.3 is 0 Å². The Labute approximate surface area is 117 Å². The van der Waals surface area contributed by atoms with Gasteiger partial charge < -0.3 is 9.73 Å². The first-order valence-corrected chi connectivity index (χ1v) is 7.73. The Morgan fingerprint density at radius 3 is 2.84 bits per heavy atom. The fourth-order valence-electron chi connectivity index (χ4n) is 2.35. The van der Waals surface area contributed by atoms with E-state index in [0.29, 0.717) is 6.04 Å². The first-order valence-electron chi connectivity index (χ1n) is 7.73. The van der Waals surface area contributed by atoms with Gasteiger partial charge in [-0.1, -0.05) is 27.2 Å². The SMILES string of the molecule is CCCCN(Cc1occc1CNC(C)C)C1CC1. The zero-order valence-corrected chi connectivity index (χ0v) is 12.6. The maximum absolute atomic E-state index is 5.70. The van der Waals surface area contributed by atoms with Crippen molar-refractivity contribution in [1.82, 2.24) is 10.2 Å². The van der Waals surface area contributed by atoms with Crippen molar-refractivity contribution in [2.45, 2.75) is 71.6 Å². The van der Waals surface area contributed by atoms with E-state index in [9.17, 15) is 0 Å². The van der Waals surface area contributed by atoms with E-state index in [0.717, 1.165) is 24.9 Å². The molecule has 1 aliphatic carbocycles. The van der Waals surface area contributed by atoms with E-state index < -0.39 is 0 Å². The lowest BCUT2D eigenvalue weighted by Gasteiger charge is -2.21. The summed E-state index contributed by atoms with van der Waals surface area (Å²) >= 11 is 0. The fraction of sp³-hybridized carbons (Fsp3) is 0.750. The van der Waals surface area contributed by atoms with Gasteiger partial charge in [-0.2, -0.15) is 0 Å². The van der Waals surface area contributed by atoms with E-state index in [-0.39, 0.29) is 0 Å². The molecule has 0 aliphatic heterocycles. The molecule has 0 amide bonds. The number of unbranched alkanes of at least 4 members (excludes halogenated alkanes) is 1. The molecular formula is C16H28N2O. The van der Waals surface area contributed by atoms with Crippen molar-refractivity contribution < 1.29 is 4.42 Å². The average Bonchev–Trinajstić information content (AvgIpc) is 3.13. The number of nitrogens with one attached hydrogen (secondary N) is 1. The minimum atomic E-state index is 0.516. The van der Waals surface area contributed by atoms with E-state index >= 15 is 0 Å². The van der Waals surface area contributed by atoms with Crippen LogP contribution in [0.3, 0.4) is 0 Å². The molecule has 108 valence electrons. The summed E-state index contributed by atoms with van der Waals surface area (Å²) in [6.07, 6.45) is 7.12. The highest BCUT2D eigenvalue weighted by molar-refractivity contribution is 5.17. The lowest BCUT2D eigenvalue weighted by atomic mass is 10.2. The normalized spacial score (nSPS) is 15.6. The van der Waals surface area contributed by atoms with Crippen molar-refractivity contribution in [1.29, 1.82) is 0 Å². The molecule has 0 spiro atoms. The molecule has 0 unspecified atom stereocenters. The first-order chi connectivity index (χ1) is 9.20. The van der Waals surface area contributed by atoms with Gasteiger partial charge in [0.25, 0.3) is 0 Å².